The number of hydrogen-bond acceptors (Lipinski definition) is 5. The molecule has 0 fully saturated rings. The van der Waals surface area contributed by atoms with E-state index in [0.29, 0.717) is 17.2 Å². The Kier molecular flexibility index (Phi) is 7.50. The number of amides is 1. The fourth-order valence-corrected chi connectivity index (χ4v) is 4.14. The fourth-order valence-electron chi connectivity index (χ4n) is 2.66. The van der Waals surface area contributed by atoms with Crippen molar-refractivity contribution in [1.82, 2.24) is 0 Å². The molecular weight excluding hydrogens is 475 g/mol. The van der Waals surface area contributed by atoms with Crippen LogP contribution >= 0.6 is 23.2 Å². The van der Waals surface area contributed by atoms with Crippen molar-refractivity contribution in [3.8, 4) is 11.5 Å². The molecule has 0 unspecified atom stereocenters. The van der Waals surface area contributed by atoms with Gasteiger partial charge in [0.2, 0.25) is 0 Å². The molecule has 32 heavy (non-hydrogen) atoms. The smallest absolute Gasteiger partial charge is 0.265 e. The second-order valence-electron chi connectivity index (χ2n) is 6.66. The van der Waals surface area contributed by atoms with E-state index in [1.54, 1.807) is 50.4 Å². The van der Waals surface area contributed by atoms with Crippen molar-refractivity contribution in [3.63, 3.8) is 0 Å². The Labute approximate surface area is 196 Å². The van der Waals surface area contributed by atoms with Gasteiger partial charge in [0, 0.05) is 5.69 Å². The molecular formula is C22H20Cl2N2O5S. The van der Waals surface area contributed by atoms with Crippen molar-refractivity contribution in [1.29, 1.82) is 0 Å². The van der Waals surface area contributed by atoms with Crippen LogP contribution in [0.3, 0.4) is 0 Å². The summed E-state index contributed by atoms with van der Waals surface area (Å²) < 4.78 is 38.4. The van der Waals surface area contributed by atoms with E-state index in [-0.39, 0.29) is 26.5 Å². The van der Waals surface area contributed by atoms with Gasteiger partial charge in [0.05, 0.1) is 27.7 Å². The predicted molar refractivity (Wildman–Crippen MR) is 125 cm³/mol. The minimum atomic E-state index is -3.90. The highest BCUT2D eigenvalue weighted by Gasteiger charge is 2.18. The zero-order chi connectivity index (χ0) is 23.3. The van der Waals surface area contributed by atoms with Crippen molar-refractivity contribution >= 4 is 50.5 Å². The maximum Gasteiger partial charge on any atom is 0.265 e. The van der Waals surface area contributed by atoms with Crippen LogP contribution in [0.2, 0.25) is 10.0 Å². The number of ether oxygens (including phenoxy) is 2. The van der Waals surface area contributed by atoms with Crippen LogP contribution in [0.1, 0.15) is 6.92 Å². The number of anilines is 2. The first-order chi connectivity index (χ1) is 15.2. The maximum atomic E-state index is 12.6. The lowest BCUT2D eigenvalue weighted by Gasteiger charge is -2.15. The molecule has 0 aromatic heterocycles. The Hall–Kier alpha value is -2.94. The van der Waals surface area contributed by atoms with Gasteiger partial charge in [-0.15, -0.1) is 0 Å². The average molecular weight is 495 g/mol. The van der Waals surface area contributed by atoms with Crippen molar-refractivity contribution in [2.75, 3.05) is 17.1 Å². The van der Waals surface area contributed by atoms with Gasteiger partial charge in [-0.25, -0.2) is 8.42 Å². The van der Waals surface area contributed by atoms with Gasteiger partial charge in [-0.05, 0) is 67.6 Å². The SMILES string of the molecule is COc1ccc(O[C@@H](C)C(=O)Nc2ccc(S(=O)(=O)Nc3cccc(Cl)c3Cl)cc2)cc1. The standard InChI is InChI=1S/C22H20Cl2N2O5S/c1-14(31-17-10-8-16(30-2)9-11-17)22(27)25-15-6-12-18(13-7-15)32(28,29)26-20-5-3-4-19(23)21(20)24/h3-14,26H,1-2H3,(H,25,27)/t14-/m0/s1. The number of hydrogen-bond donors (Lipinski definition) is 2. The van der Waals surface area contributed by atoms with E-state index >= 15 is 0 Å². The molecule has 10 heteroatoms. The molecule has 3 aromatic rings. The Balaban J connectivity index is 1.64. The Morgan fingerprint density at radius 2 is 1.56 bits per heavy atom. The fraction of sp³-hybridized carbons (Fsp3) is 0.136. The molecule has 0 aliphatic rings. The largest absolute Gasteiger partial charge is 0.497 e. The van der Waals surface area contributed by atoms with Crippen LogP contribution in [0.5, 0.6) is 11.5 Å². The molecule has 0 spiro atoms. The molecule has 0 heterocycles. The first-order valence-corrected chi connectivity index (χ1v) is 11.6. The molecule has 1 amide bonds. The number of carbonyl (C=O) groups excluding carboxylic acids is 1. The summed E-state index contributed by atoms with van der Waals surface area (Å²) in [6.45, 7) is 1.61. The molecule has 0 saturated carbocycles. The molecule has 2 N–H and O–H groups in total. The molecule has 168 valence electrons. The Morgan fingerprint density at radius 1 is 0.938 bits per heavy atom. The van der Waals surface area contributed by atoms with Gasteiger partial charge >= 0.3 is 0 Å². The summed E-state index contributed by atoms with van der Waals surface area (Å²) in [6.07, 6.45) is -0.779. The summed E-state index contributed by atoms with van der Waals surface area (Å²) >= 11 is 12.0. The third-order valence-corrected chi connectivity index (χ3v) is 6.57. The van der Waals surface area contributed by atoms with Gasteiger partial charge in [0.25, 0.3) is 15.9 Å². The average Bonchev–Trinajstić information content (AvgIpc) is 2.77. The van der Waals surface area contributed by atoms with Crippen LogP contribution in [0, 0.1) is 0 Å². The van der Waals surface area contributed by atoms with Crippen molar-refractivity contribution < 1.29 is 22.7 Å². The highest BCUT2D eigenvalue weighted by atomic mass is 35.5. The lowest BCUT2D eigenvalue weighted by molar-refractivity contribution is -0.122. The number of nitrogens with one attached hydrogen (secondary N) is 2. The second-order valence-corrected chi connectivity index (χ2v) is 9.12. The minimum absolute atomic E-state index is 0.00549. The van der Waals surface area contributed by atoms with Gasteiger partial charge in [0.1, 0.15) is 11.5 Å². The van der Waals surface area contributed by atoms with E-state index in [2.05, 4.69) is 10.0 Å². The monoisotopic (exact) mass is 494 g/mol. The second kappa shape index (κ2) is 10.1. The zero-order valence-corrected chi connectivity index (χ0v) is 19.5. The van der Waals surface area contributed by atoms with E-state index in [4.69, 9.17) is 32.7 Å². The van der Waals surface area contributed by atoms with Crippen molar-refractivity contribution in [2.45, 2.75) is 17.9 Å². The lowest BCUT2D eigenvalue weighted by Crippen LogP contribution is -2.30. The first-order valence-electron chi connectivity index (χ1n) is 9.38. The van der Waals surface area contributed by atoms with Gasteiger partial charge in [-0.1, -0.05) is 29.3 Å². The summed E-state index contributed by atoms with van der Waals surface area (Å²) in [5.74, 6) is 0.803. The van der Waals surface area contributed by atoms with Crippen molar-refractivity contribution in [3.05, 3.63) is 76.8 Å². The van der Waals surface area contributed by atoms with Gasteiger partial charge in [0.15, 0.2) is 6.10 Å². The van der Waals surface area contributed by atoms with E-state index in [1.807, 2.05) is 0 Å². The van der Waals surface area contributed by atoms with Crippen LogP contribution in [0.15, 0.2) is 71.6 Å². The van der Waals surface area contributed by atoms with E-state index in [9.17, 15) is 13.2 Å². The zero-order valence-electron chi connectivity index (χ0n) is 17.1. The summed E-state index contributed by atoms with van der Waals surface area (Å²) in [5, 5.41) is 3.02. The number of sulfonamides is 1. The number of carbonyl (C=O) groups is 1. The normalized spacial score (nSPS) is 12.0. The summed E-state index contributed by atoms with van der Waals surface area (Å²) in [7, 11) is -2.34. The number of halogens is 2. The van der Waals surface area contributed by atoms with Crippen LogP contribution in [0.4, 0.5) is 11.4 Å². The predicted octanol–water partition coefficient (Wildman–Crippen LogP) is 5.21. The topological polar surface area (TPSA) is 93.7 Å². The molecule has 0 radical (unpaired) electrons. The van der Waals surface area contributed by atoms with E-state index < -0.39 is 16.1 Å². The van der Waals surface area contributed by atoms with Crippen LogP contribution in [-0.4, -0.2) is 27.5 Å². The highest BCUT2D eigenvalue weighted by molar-refractivity contribution is 7.92. The number of rotatable bonds is 8. The lowest BCUT2D eigenvalue weighted by atomic mass is 10.3. The molecule has 3 rings (SSSR count). The number of methoxy groups -OCH3 is 1. The molecule has 1 atom stereocenters. The Morgan fingerprint density at radius 3 is 2.19 bits per heavy atom. The van der Waals surface area contributed by atoms with Gasteiger partial charge < -0.3 is 14.8 Å². The van der Waals surface area contributed by atoms with Gasteiger partial charge in [-0.3, -0.25) is 9.52 Å². The third kappa shape index (κ3) is 5.85. The molecule has 0 aliphatic heterocycles. The maximum absolute atomic E-state index is 12.6. The molecule has 0 saturated heterocycles. The molecule has 0 bridgehead atoms. The van der Waals surface area contributed by atoms with Crippen molar-refractivity contribution in [2.24, 2.45) is 0 Å². The third-order valence-electron chi connectivity index (χ3n) is 4.37. The van der Waals surface area contributed by atoms with E-state index in [0.717, 1.165) is 0 Å². The molecule has 3 aromatic carbocycles. The van der Waals surface area contributed by atoms with Crippen LogP contribution < -0.4 is 19.5 Å². The Bertz CT molecular complexity index is 1200. The number of benzene rings is 3. The highest BCUT2D eigenvalue weighted by Crippen LogP contribution is 2.31. The van der Waals surface area contributed by atoms with Crippen LogP contribution in [0.25, 0.3) is 0 Å². The first kappa shape index (κ1) is 23.7. The minimum Gasteiger partial charge on any atom is -0.497 e. The summed E-state index contributed by atoms with van der Waals surface area (Å²) in [6, 6.07) is 17.2. The molecule has 0 aliphatic carbocycles. The summed E-state index contributed by atoms with van der Waals surface area (Å²) in [4.78, 5) is 12.4. The van der Waals surface area contributed by atoms with E-state index in [1.165, 1.54) is 30.3 Å². The van der Waals surface area contributed by atoms with Gasteiger partial charge in [-0.2, -0.15) is 0 Å². The quantitative estimate of drug-likeness (QED) is 0.448. The van der Waals surface area contributed by atoms with Crippen LogP contribution in [-0.2, 0) is 14.8 Å². The molecule has 7 nitrogen and oxygen atoms in total. The summed E-state index contributed by atoms with van der Waals surface area (Å²) in [5.41, 5.74) is 0.584.